The van der Waals surface area contributed by atoms with E-state index in [1.54, 1.807) is 18.2 Å². The van der Waals surface area contributed by atoms with Crippen LogP contribution >= 0.6 is 11.6 Å². The molecule has 0 atom stereocenters. The van der Waals surface area contributed by atoms with Crippen LogP contribution in [0.2, 0.25) is 5.15 Å². The molecule has 1 amide bonds. The van der Waals surface area contributed by atoms with E-state index in [-0.39, 0.29) is 17.8 Å². The summed E-state index contributed by atoms with van der Waals surface area (Å²) in [6, 6.07) is 5.00. The van der Waals surface area contributed by atoms with Crippen molar-refractivity contribution >= 4 is 24.0 Å². The van der Waals surface area contributed by atoms with Crippen molar-refractivity contribution in [3.05, 3.63) is 40.8 Å². The van der Waals surface area contributed by atoms with E-state index in [9.17, 15) is 9.59 Å². The zero-order valence-electron chi connectivity index (χ0n) is 10.6. The van der Waals surface area contributed by atoms with Crippen LogP contribution < -0.4 is 5.32 Å². The Kier molecular flexibility index (Phi) is 4.53. The van der Waals surface area contributed by atoms with Gasteiger partial charge in [0.05, 0.1) is 12.1 Å². The van der Waals surface area contributed by atoms with Gasteiger partial charge in [0.15, 0.2) is 12.1 Å². The lowest BCUT2D eigenvalue weighted by atomic mass is 10.3. The van der Waals surface area contributed by atoms with Crippen molar-refractivity contribution in [1.29, 1.82) is 0 Å². The zero-order valence-corrected chi connectivity index (χ0v) is 11.3. The minimum atomic E-state index is -1.17. The topological polar surface area (TPSA) is 97.1 Å². The maximum atomic E-state index is 11.0. The Morgan fingerprint density at radius 1 is 1.52 bits per heavy atom. The van der Waals surface area contributed by atoms with Crippen molar-refractivity contribution in [2.24, 2.45) is 0 Å². The predicted molar refractivity (Wildman–Crippen MR) is 74.7 cm³/mol. The molecule has 0 radical (unpaired) electrons. The van der Waals surface area contributed by atoms with Gasteiger partial charge in [-0.1, -0.05) is 23.6 Å². The highest BCUT2D eigenvalue weighted by atomic mass is 35.5. The Morgan fingerprint density at radius 3 is 3.00 bits per heavy atom. The van der Waals surface area contributed by atoms with Gasteiger partial charge in [-0.2, -0.15) is 5.10 Å². The van der Waals surface area contributed by atoms with Gasteiger partial charge in [0.25, 0.3) is 0 Å². The van der Waals surface area contributed by atoms with Gasteiger partial charge in [-0.3, -0.25) is 4.79 Å². The van der Waals surface area contributed by atoms with Crippen LogP contribution in [0.4, 0.5) is 4.79 Å². The second-order valence-electron chi connectivity index (χ2n) is 3.77. The summed E-state index contributed by atoms with van der Waals surface area (Å²) in [6.45, 7) is -0.0596. The van der Waals surface area contributed by atoms with Crippen molar-refractivity contribution in [2.45, 2.75) is 0 Å². The number of amides is 1. The molecule has 0 aliphatic rings. The molecule has 2 rings (SSSR count). The van der Waals surface area contributed by atoms with Gasteiger partial charge in [-0.15, -0.1) is 0 Å². The first-order chi connectivity index (χ1) is 10.1. The fourth-order valence-electron chi connectivity index (χ4n) is 1.46. The van der Waals surface area contributed by atoms with Crippen LogP contribution in [0.15, 0.2) is 24.4 Å². The van der Waals surface area contributed by atoms with E-state index in [0.29, 0.717) is 17.3 Å². The van der Waals surface area contributed by atoms with Crippen molar-refractivity contribution in [2.75, 3.05) is 6.54 Å². The smallest absolute Gasteiger partial charge is 0.405 e. The molecule has 2 aromatic heterocycles. The molecule has 0 bridgehead atoms. The Labute approximate surface area is 124 Å². The second-order valence-corrected chi connectivity index (χ2v) is 4.16. The van der Waals surface area contributed by atoms with Gasteiger partial charge in [0.1, 0.15) is 10.8 Å². The normalized spacial score (nSPS) is 9.57. The summed E-state index contributed by atoms with van der Waals surface area (Å²) in [5, 5.41) is 14.9. The molecule has 2 heterocycles. The average Bonchev–Trinajstić information content (AvgIpc) is 2.86. The number of aromatic nitrogens is 3. The molecule has 2 aromatic rings. The van der Waals surface area contributed by atoms with Gasteiger partial charge in [0.2, 0.25) is 0 Å². The maximum Gasteiger partial charge on any atom is 0.405 e. The molecule has 0 unspecified atom stereocenters. The Balaban J connectivity index is 2.27. The van der Waals surface area contributed by atoms with Crippen molar-refractivity contribution < 1.29 is 14.7 Å². The Bertz CT molecular complexity index is 745. The van der Waals surface area contributed by atoms with Gasteiger partial charge >= 0.3 is 6.09 Å². The molecule has 0 aromatic carbocycles. The van der Waals surface area contributed by atoms with E-state index < -0.39 is 6.09 Å². The highest BCUT2D eigenvalue weighted by molar-refractivity contribution is 6.29. The maximum absolute atomic E-state index is 11.0. The Hall–Kier alpha value is -2.85. The second kappa shape index (κ2) is 6.54. The van der Waals surface area contributed by atoms with E-state index in [1.165, 1.54) is 10.9 Å². The van der Waals surface area contributed by atoms with Crippen molar-refractivity contribution in [3.63, 3.8) is 0 Å². The van der Waals surface area contributed by atoms with Gasteiger partial charge in [-0.05, 0) is 18.1 Å². The first-order valence-corrected chi connectivity index (χ1v) is 6.11. The lowest BCUT2D eigenvalue weighted by Crippen LogP contribution is -2.20. The predicted octanol–water partition coefficient (Wildman–Crippen LogP) is 1.35. The minimum absolute atomic E-state index is 0.0596. The fourth-order valence-corrected chi connectivity index (χ4v) is 1.62. The lowest BCUT2D eigenvalue weighted by Gasteiger charge is -1.98. The van der Waals surface area contributed by atoms with E-state index in [1.807, 2.05) is 0 Å². The monoisotopic (exact) mass is 304 g/mol. The number of halogens is 1. The van der Waals surface area contributed by atoms with Crippen LogP contribution in [-0.4, -0.2) is 38.8 Å². The van der Waals surface area contributed by atoms with E-state index in [4.69, 9.17) is 16.7 Å². The first-order valence-electron chi connectivity index (χ1n) is 5.73. The number of carboxylic acid groups (broad SMARTS) is 1. The molecule has 21 heavy (non-hydrogen) atoms. The quantitative estimate of drug-likeness (QED) is 0.507. The third-order valence-corrected chi connectivity index (χ3v) is 2.55. The van der Waals surface area contributed by atoms with Crippen LogP contribution in [0.5, 0.6) is 0 Å². The standard InChI is InChI=1S/C13H9ClN4O3/c14-11-4-1-5-12(16-11)18-7-9(8-19)10(17-18)3-2-6-15-13(20)21/h1,4-5,7-8,15H,6H2,(H,20,21). The zero-order chi connectivity index (χ0) is 15.2. The molecule has 8 heteroatoms. The molecule has 106 valence electrons. The molecule has 0 fully saturated rings. The number of nitrogens with one attached hydrogen (secondary N) is 1. The summed E-state index contributed by atoms with van der Waals surface area (Å²) in [5.41, 5.74) is 0.513. The molecular formula is C13H9ClN4O3. The number of rotatable bonds is 3. The summed E-state index contributed by atoms with van der Waals surface area (Å²) >= 11 is 5.79. The molecule has 0 saturated heterocycles. The number of pyridine rings is 1. The SMILES string of the molecule is O=Cc1cn(-c2cccc(Cl)n2)nc1C#CCNC(=O)O. The van der Waals surface area contributed by atoms with Crippen LogP contribution in [-0.2, 0) is 0 Å². The number of hydrogen-bond acceptors (Lipinski definition) is 4. The van der Waals surface area contributed by atoms with E-state index in [0.717, 1.165) is 0 Å². The third-order valence-electron chi connectivity index (χ3n) is 2.34. The van der Waals surface area contributed by atoms with E-state index >= 15 is 0 Å². The molecule has 0 spiro atoms. The van der Waals surface area contributed by atoms with Gasteiger partial charge in [0, 0.05) is 6.20 Å². The minimum Gasteiger partial charge on any atom is -0.465 e. The van der Waals surface area contributed by atoms with Gasteiger partial charge in [-0.25, -0.2) is 14.5 Å². The average molecular weight is 305 g/mol. The number of aldehydes is 1. The van der Waals surface area contributed by atoms with Crippen molar-refractivity contribution in [1.82, 2.24) is 20.1 Å². The van der Waals surface area contributed by atoms with Crippen LogP contribution in [0.25, 0.3) is 5.82 Å². The molecule has 2 N–H and O–H groups in total. The largest absolute Gasteiger partial charge is 0.465 e. The molecule has 0 aliphatic carbocycles. The number of carbonyl (C=O) groups excluding carboxylic acids is 1. The molecule has 0 saturated carbocycles. The molecular weight excluding hydrogens is 296 g/mol. The number of carbonyl (C=O) groups is 2. The van der Waals surface area contributed by atoms with Crippen LogP contribution in [0.1, 0.15) is 16.1 Å². The summed E-state index contributed by atoms with van der Waals surface area (Å²) in [5.74, 6) is 5.63. The van der Waals surface area contributed by atoms with Crippen LogP contribution in [0, 0.1) is 11.8 Å². The summed E-state index contributed by atoms with van der Waals surface area (Å²) in [4.78, 5) is 25.3. The van der Waals surface area contributed by atoms with E-state index in [2.05, 4.69) is 27.2 Å². The fraction of sp³-hybridized carbons (Fsp3) is 0.0769. The van der Waals surface area contributed by atoms with Crippen molar-refractivity contribution in [3.8, 4) is 17.7 Å². The molecule has 0 aliphatic heterocycles. The van der Waals surface area contributed by atoms with Gasteiger partial charge < -0.3 is 10.4 Å². The summed E-state index contributed by atoms with van der Waals surface area (Å²) in [7, 11) is 0. The number of nitrogens with zero attached hydrogens (tertiary/aromatic N) is 3. The highest BCUT2D eigenvalue weighted by Gasteiger charge is 2.08. The summed E-state index contributed by atoms with van der Waals surface area (Å²) in [6.07, 6.45) is 0.914. The lowest BCUT2D eigenvalue weighted by molar-refractivity contribution is 0.112. The first kappa shape index (κ1) is 14.6. The summed E-state index contributed by atoms with van der Waals surface area (Å²) < 4.78 is 1.38. The molecule has 7 nitrogen and oxygen atoms in total. The van der Waals surface area contributed by atoms with Crippen LogP contribution in [0.3, 0.4) is 0 Å². The highest BCUT2D eigenvalue weighted by Crippen LogP contribution is 2.11. The third kappa shape index (κ3) is 3.81. The Morgan fingerprint density at radius 2 is 2.33 bits per heavy atom. The number of hydrogen-bond donors (Lipinski definition) is 2.